The van der Waals surface area contributed by atoms with Gasteiger partial charge < -0.3 is 14.0 Å². The number of hydrazone groups is 1. The number of ether oxygens (including phenoxy) is 2. The molecule has 0 saturated heterocycles. The van der Waals surface area contributed by atoms with E-state index >= 15 is 0 Å². The average molecular weight is 496 g/mol. The highest BCUT2D eigenvalue weighted by molar-refractivity contribution is 5.90. The van der Waals surface area contributed by atoms with Gasteiger partial charge in [0.25, 0.3) is 5.91 Å². The Labute approximate surface area is 216 Å². The Hall–Kier alpha value is -4.65. The van der Waals surface area contributed by atoms with Crippen LogP contribution in [0.3, 0.4) is 0 Å². The number of hydrogen-bond donors (Lipinski definition) is 1. The van der Waals surface area contributed by atoms with Crippen LogP contribution in [-0.2, 0) is 9.53 Å². The summed E-state index contributed by atoms with van der Waals surface area (Å²) >= 11 is 0. The summed E-state index contributed by atoms with van der Waals surface area (Å²) in [6.07, 6.45) is 1.60. The highest BCUT2D eigenvalue weighted by Gasteiger charge is 2.13. The van der Waals surface area contributed by atoms with Crippen molar-refractivity contribution in [3.05, 3.63) is 107 Å². The van der Waals surface area contributed by atoms with Gasteiger partial charge in [0.2, 0.25) is 0 Å². The second kappa shape index (κ2) is 11.9. The maximum Gasteiger partial charge on any atom is 0.338 e. The van der Waals surface area contributed by atoms with Gasteiger partial charge in [0, 0.05) is 22.6 Å². The fourth-order valence-corrected chi connectivity index (χ4v) is 4.03. The predicted molar refractivity (Wildman–Crippen MR) is 144 cm³/mol. The molecule has 188 valence electrons. The van der Waals surface area contributed by atoms with Crippen LogP contribution in [-0.4, -0.2) is 35.9 Å². The molecule has 3 aromatic carbocycles. The normalized spacial score (nSPS) is 10.9. The molecule has 0 unspecified atom stereocenters. The molecule has 1 heterocycles. The molecule has 1 N–H and O–H groups in total. The average Bonchev–Trinajstić information content (AvgIpc) is 3.21. The topological polar surface area (TPSA) is 81.9 Å². The van der Waals surface area contributed by atoms with Crippen molar-refractivity contribution in [2.75, 3.05) is 13.2 Å². The van der Waals surface area contributed by atoms with E-state index in [1.54, 1.807) is 25.3 Å². The van der Waals surface area contributed by atoms with Gasteiger partial charge in [0.1, 0.15) is 5.75 Å². The molecule has 0 fully saturated rings. The zero-order valence-electron chi connectivity index (χ0n) is 21.1. The standard InChI is InChI=1S/C30H29N3O4/c1-4-36-30(35)25-11-8-12-27(18-25)33-21(2)17-26(22(33)3)19-31-32-29(34)20-37-28-15-13-24(14-16-28)23-9-6-5-7-10-23/h5-19H,4,20H2,1-3H3,(H,32,34)/b31-19+. The number of amides is 1. The Morgan fingerprint density at radius 2 is 1.65 bits per heavy atom. The van der Waals surface area contributed by atoms with Crippen molar-refractivity contribution >= 4 is 18.1 Å². The molecule has 0 bridgehead atoms. The summed E-state index contributed by atoms with van der Waals surface area (Å²) in [5.41, 5.74) is 8.77. The molecule has 0 saturated carbocycles. The Bertz CT molecular complexity index is 1410. The van der Waals surface area contributed by atoms with Gasteiger partial charge in [-0.15, -0.1) is 0 Å². The summed E-state index contributed by atoms with van der Waals surface area (Å²) in [6, 6.07) is 26.9. The molecule has 0 aliphatic rings. The Balaban J connectivity index is 1.35. The molecule has 0 aliphatic carbocycles. The maximum atomic E-state index is 12.2. The van der Waals surface area contributed by atoms with Gasteiger partial charge >= 0.3 is 5.97 Å². The Kier molecular flexibility index (Phi) is 8.15. The number of nitrogens with zero attached hydrogens (tertiary/aromatic N) is 2. The van der Waals surface area contributed by atoms with Crippen LogP contribution in [0.2, 0.25) is 0 Å². The minimum atomic E-state index is -0.362. The molecule has 1 amide bonds. The number of carbonyl (C=O) groups is 2. The van der Waals surface area contributed by atoms with Crippen LogP contribution in [0.5, 0.6) is 5.75 Å². The highest BCUT2D eigenvalue weighted by atomic mass is 16.5. The molecule has 7 nitrogen and oxygen atoms in total. The van der Waals surface area contributed by atoms with E-state index in [-0.39, 0.29) is 18.5 Å². The van der Waals surface area contributed by atoms with E-state index in [2.05, 4.69) is 10.5 Å². The van der Waals surface area contributed by atoms with E-state index in [4.69, 9.17) is 9.47 Å². The lowest BCUT2D eigenvalue weighted by Crippen LogP contribution is -2.24. The molecular weight excluding hydrogens is 466 g/mol. The first-order chi connectivity index (χ1) is 18.0. The monoisotopic (exact) mass is 495 g/mol. The van der Waals surface area contributed by atoms with E-state index < -0.39 is 0 Å². The van der Waals surface area contributed by atoms with Crippen LogP contribution in [0.1, 0.15) is 34.2 Å². The van der Waals surface area contributed by atoms with Crippen molar-refractivity contribution < 1.29 is 19.1 Å². The van der Waals surface area contributed by atoms with Crippen molar-refractivity contribution in [2.24, 2.45) is 5.10 Å². The van der Waals surface area contributed by atoms with Crippen molar-refractivity contribution in [3.8, 4) is 22.6 Å². The zero-order valence-corrected chi connectivity index (χ0v) is 21.1. The lowest BCUT2D eigenvalue weighted by molar-refractivity contribution is -0.123. The van der Waals surface area contributed by atoms with Gasteiger partial charge in [0.05, 0.1) is 18.4 Å². The van der Waals surface area contributed by atoms with Gasteiger partial charge in [-0.25, -0.2) is 10.2 Å². The molecule has 37 heavy (non-hydrogen) atoms. The second-order valence-electron chi connectivity index (χ2n) is 8.40. The first kappa shape index (κ1) is 25.4. The largest absolute Gasteiger partial charge is 0.484 e. The third-order valence-electron chi connectivity index (χ3n) is 5.81. The number of carbonyl (C=O) groups excluding carboxylic acids is 2. The van der Waals surface area contributed by atoms with Crippen molar-refractivity contribution in [1.82, 2.24) is 9.99 Å². The van der Waals surface area contributed by atoms with Crippen LogP contribution in [0.15, 0.2) is 90.0 Å². The van der Waals surface area contributed by atoms with E-state index in [0.717, 1.165) is 33.8 Å². The third-order valence-corrected chi connectivity index (χ3v) is 5.81. The van der Waals surface area contributed by atoms with Crippen LogP contribution >= 0.6 is 0 Å². The Morgan fingerprint density at radius 1 is 0.919 bits per heavy atom. The van der Waals surface area contributed by atoms with E-state index in [9.17, 15) is 9.59 Å². The second-order valence-corrected chi connectivity index (χ2v) is 8.40. The molecule has 0 aliphatic heterocycles. The number of rotatable bonds is 9. The maximum absolute atomic E-state index is 12.2. The number of hydrogen-bond acceptors (Lipinski definition) is 5. The van der Waals surface area contributed by atoms with Crippen LogP contribution in [0.25, 0.3) is 16.8 Å². The summed E-state index contributed by atoms with van der Waals surface area (Å²) in [5, 5.41) is 4.09. The van der Waals surface area contributed by atoms with Crippen LogP contribution < -0.4 is 10.2 Å². The molecule has 4 aromatic rings. The van der Waals surface area contributed by atoms with Gasteiger partial charge in [-0.1, -0.05) is 48.5 Å². The fraction of sp³-hybridized carbons (Fsp3) is 0.167. The van der Waals surface area contributed by atoms with E-state index in [1.807, 2.05) is 91.2 Å². The summed E-state index contributed by atoms with van der Waals surface area (Å²) in [4.78, 5) is 24.4. The van der Waals surface area contributed by atoms with Gasteiger partial charge in [0.15, 0.2) is 6.61 Å². The molecule has 7 heteroatoms. The van der Waals surface area contributed by atoms with E-state index in [1.165, 1.54) is 0 Å². The van der Waals surface area contributed by atoms with E-state index in [0.29, 0.717) is 17.9 Å². The van der Waals surface area contributed by atoms with Crippen molar-refractivity contribution in [3.63, 3.8) is 0 Å². The fourth-order valence-electron chi connectivity index (χ4n) is 4.03. The summed E-state index contributed by atoms with van der Waals surface area (Å²) < 4.78 is 12.7. The highest BCUT2D eigenvalue weighted by Crippen LogP contribution is 2.23. The lowest BCUT2D eigenvalue weighted by atomic mass is 10.1. The first-order valence-corrected chi connectivity index (χ1v) is 12.0. The molecule has 0 radical (unpaired) electrons. The van der Waals surface area contributed by atoms with Crippen LogP contribution in [0.4, 0.5) is 0 Å². The van der Waals surface area contributed by atoms with Crippen molar-refractivity contribution in [1.29, 1.82) is 0 Å². The first-order valence-electron chi connectivity index (χ1n) is 12.0. The summed E-state index contributed by atoms with van der Waals surface area (Å²) in [6.45, 7) is 5.87. The van der Waals surface area contributed by atoms with Crippen molar-refractivity contribution in [2.45, 2.75) is 20.8 Å². The number of benzene rings is 3. The lowest BCUT2D eigenvalue weighted by Gasteiger charge is -2.11. The molecule has 0 spiro atoms. The number of aromatic nitrogens is 1. The summed E-state index contributed by atoms with van der Waals surface area (Å²) in [7, 11) is 0. The molecular formula is C30H29N3O4. The Morgan fingerprint density at radius 3 is 2.38 bits per heavy atom. The number of aryl methyl sites for hydroxylation is 1. The minimum absolute atomic E-state index is 0.151. The molecule has 1 aromatic heterocycles. The number of nitrogens with one attached hydrogen (secondary N) is 1. The predicted octanol–water partition coefficient (Wildman–Crippen LogP) is 5.47. The third kappa shape index (κ3) is 6.32. The number of esters is 1. The molecule has 4 rings (SSSR count). The zero-order chi connectivity index (χ0) is 26.2. The molecule has 0 atom stereocenters. The van der Waals surface area contributed by atoms with Gasteiger partial charge in [-0.05, 0) is 68.3 Å². The summed E-state index contributed by atoms with van der Waals surface area (Å²) in [5.74, 6) is -0.114. The quantitative estimate of drug-likeness (QED) is 0.190. The van der Waals surface area contributed by atoms with Crippen LogP contribution in [0, 0.1) is 13.8 Å². The SMILES string of the molecule is CCOC(=O)c1cccc(-n2c(C)cc(/C=N/NC(=O)COc3ccc(-c4ccccc4)cc3)c2C)c1. The van der Waals surface area contributed by atoms with Gasteiger partial charge in [-0.2, -0.15) is 5.10 Å². The minimum Gasteiger partial charge on any atom is -0.484 e. The smallest absolute Gasteiger partial charge is 0.338 e. The van der Waals surface area contributed by atoms with Gasteiger partial charge in [-0.3, -0.25) is 4.79 Å².